The Morgan fingerprint density at radius 2 is 1.87 bits per heavy atom. The molecule has 2 N–H and O–H groups in total. The quantitative estimate of drug-likeness (QED) is 0.747. The normalized spacial score (nSPS) is 14.9. The number of hydrogen-bond acceptors (Lipinski definition) is 2. The van der Waals surface area contributed by atoms with E-state index in [2.05, 4.69) is 31.3 Å². The van der Waals surface area contributed by atoms with E-state index in [1.54, 1.807) is 0 Å². The van der Waals surface area contributed by atoms with E-state index < -0.39 is 0 Å². The predicted molar refractivity (Wildman–Crippen MR) is 63.9 cm³/mol. The van der Waals surface area contributed by atoms with Crippen LogP contribution in [0, 0.1) is 0 Å². The van der Waals surface area contributed by atoms with Gasteiger partial charge in [-0.15, -0.1) is 0 Å². The number of aliphatic hydroxyl groups is 1. The van der Waals surface area contributed by atoms with E-state index in [-0.39, 0.29) is 12.1 Å². The lowest BCUT2D eigenvalue weighted by molar-refractivity contribution is 0.157. The smallest absolute Gasteiger partial charge is 0.0616 e. The molecule has 2 heteroatoms. The first-order valence-electron chi connectivity index (χ1n) is 5.66. The van der Waals surface area contributed by atoms with E-state index in [1.165, 1.54) is 5.56 Å². The summed E-state index contributed by atoms with van der Waals surface area (Å²) >= 11 is 0. The van der Waals surface area contributed by atoms with Gasteiger partial charge < -0.3 is 10.4 Å². The number of likely N-dealkylation sites (N-methyl/N-ethyl adjacent to an activating group) is 1. The van der Waals surface area contributed by atoms with Crippen LogP contribution in [0.5, 0.6) is 0 Å². The van der Waals surface area contributed by atoms with Crippen LogP contribution in [0.3, 0.4) is 0 Å². The maximum atomic E-state index is 9.51. The molecule has 1 aromatic carbocycles. The zero-order valence-electron chi connectivity index (χ0n) is 9.66. The fourth-order valence-corrected chi connectivity index (χ4v) is 1.90. The van der Waals surface area contributed by atoms with Crippen molar-refractivity contribution < 1.29 is 5.11 Å². The van der Waals surface area contributed by atoms with E-state index >= 15 is 0 Å². The first-order valence-corrected chi connectivity index (χ1v) is 5.66. The van der Waals surface area contributed by atoms with Crippen molar-refractivity contribution >= 4 is 0 Å². The van der Waals surface area contributed by atoms with Gasteiger partial charge in [0.25, 0.3) is 0 Å². The molecule has 0 bridgehead atoms. The van der Waals surface area contributed by atoms with Crippen molar-refractivity contribution in [3.05, 3.63) is 35.9 Å². The fraction of sp³-hybridized carbons (Fsp3) is 0.538. The summed E-state index contributed by atoms with van der Waals surface area (Å²) in [4.78, 5) is 0. The molecule has 1 rings (SSSR count). The minimum atomic E-state index is -0.157. The minimum absolute atomic E-state index is 0.157. The molecule has 0 aliphatic heterocycles. The number of nitrogens with one attached hydrogen (secondary N) is 1. The summed E-state index contributed by atoms with van der Waals surface area (Å²) in [6, 6.07) is 10.3. The van der Waals surface area contributed by atoms with Gasteiger partial charge in [0, 0.05) is 5.54 Å². The van der Waals surface area contributed by atoms with Crippen LogP contribution in [-0.2, 0) is 6.42 Å². The van der Waals surface area contributed by atoms with Crippen LogP contribution >= 0.6 is 0 Å². The van der Waals surface area contributed by atoms with Crippen LogP contribution in [-0.4, -0.2) is 23.8 Å². The third-order valence-electron chi connectivity index (χ3n) is 2.92. The summed E-state index contributed by atoms with van der Waals surface area (Å²) in [6.07, 6.45) is 1.82. The Bertz CT molecular complexity index is 267. The molecule has 0 fully saturated rings. The van der Waals surface area contributed by atoms with Gasteiger partial charge in [0.1, 0.15) is 0 Å². The average Bonchev–Trinajstić information content (AvgIpc) is 2.30. The van der Waals surface area contributed by atoms with Crippen LogP contribution in [0.1, 0.15) is 25.8 Å². The van der Waals surface area contributed by atoms with Crippen molar-refractivity contribution in [1.29, 1.82) is 0 Å². The monoisotopic (exact) mass is 207 g/mol. The lowest BCUT2D eigenvalue weighted by atomic mass is 9.89. The lowest BCUT2D eigenvalue weighted by Crippen LogP contribution is -2.49. The third kappa shape index (κ3) is 3.33. The number of hydrogen-bond donors (Lipinski definition) is 2. The Hall–Kier alpha value is -0.860. The van der Waals surface area contributed by atoms with E-state index in [0.717, 1.165) is 19.4 Å². The molecule has 84 valence electrons. The minimum Gasteiger partial charge on any atom is -0.394 e. The van der Waals surface area contributed by atoms with Gasteiger partial charge in [-0.1, -0.05) is 44.2 Å². The first kappa shape index (κ1) is 12.2. The van der Waals surface area contributed by atoms with Crippen LogP contribution in [0.25, 0.3) is 0 Å². The molecule has 0 spiro atoms. The molecule has 0 saturated heterocycles. The summed E-state index contributed by atoms with van der Waals surface area (Å²) in [5.74, 6) is 0. The fourth-order valence-electron chi connectivity index (χ4n) is 1.90. The maximum Gasteiger partial charge on any atom is 0.0616 e. The second kappa shape index (κ2) is 5.89. The summed E-state index contributed by atoms with van der Waals surface area (Å²) in [6.45, 7) is 5.26. The van der Waals surface area contributed by atoms with Gasteiger partial charge >= 0.3 is 0 Å². The van der Waals surface area contributed by atoms with Gasteiger partial charge in [-0.25, -0.2) is 0 Å². The van der Waals surface area contributed by atoms with Crippen molar-refractivity contribution in [2.45, 2.75) is 32.2 Å². The van der Waals surface area contributed by atoms with E-state index in [0.29, 0.717) is 0 Å². The Labute approximate surface area is 92.3 Å². The molecule has 1 atom stereocenters. The van der Waals surface area contributed by atoms with Crippen molar-refractivity contribution in [2.24, 2.45) is 0 Å². The second-order valence-electron chi connectivity index (χ2n) is 3.98. The van der Waals surface area contributed by atoms with Gasteiger partial charge in [0.05, 0.1) is 6.61 Å². The van der Waals surface area contributed by atoms with Gasteiger partial charge in [0.2, 0.25) is 0 Å². The largest absolute Gasteiger partial charge is 0.394 e. The van der Waals surface area contributed by atoms with Gasteiger partial charge in [-0.3, -0.25) is 0 Å². The highest BCUT2D eigenvalue weighted by atomic mass is 16.3. The molecular formula is C13H21NO. The van der Waals surface area contributed by atoms with Crippen LogP contribution in [0.2, 0.25) is 0 Å². The topological polar surface area (TPSA) is 32.3 Å². The highest BCUT2D eigenvalue weighted by Crippen LogP contribution is 2.16. The van der Waals surface area contributed by atoms with Gasteiger partial charge in [0.15, 0.2) is 0 Å². The number of rotatable bonds is 6. The zero-order valence-corrected chi connectivity index (χ0v) is 9.66. The third-order valence-corrected chi connectivity index (χ3v) is 2.92. The highest BCUT2D eigenvalue weighted by molar-refractivity contribution is 5.18. The van der Waals surface area contributed by atoms with Crippen LogP contribution < -0.4 is 5.32 Å². The molecule has 0 amide bonds. The number of benzene rings is 1. The summed E-state index contributed by atoms with van der Waals surface area (Å²) in [5.41, 5.74) is 1.12. The van der Waals surface area contributed by atoms with Crippen molar-refractivity contribution in [2.75, 3.05) is 13.2 Å². The Balaban J connectivity index is 2.74. The molecular weight excluding hydrogens is 186 g/mol. The molecule has 2 nitrogen and oxygen atoms in total. The molecule has 0 aliphatic rings. The van der Waals surface area contributed by atoms with Gasteiger partial charge in [-0.05, 0) is 24.9 Å². The Kier molecular flexibility index (Phi) is 4.79. The second-order valence-corrected chi connectivity index (χ2v) is 3.98. The summed E-state index contributed by atoms with van der Waals surface area (Å²) in [5, 5.41) is 12.9. The van der Waals surface area contributed by atoms with E-state index in [9.17, 15) is 5.11 Å². The molecule has 0 radical (unpaired) electrons. The van der Waals surface area contributed by atoms with Crippen LogP contribution in [0.15, 0.2) is 30.3 Å². The summed E-state index contributed by atoms with van der Waals surface area (Å²) < 4.78 is 0. The molecule has 0 aromatic heterocycles. The Morgan fingerprint density at radius 1 is 1.20 bits per heavy atom. The highest BCUT2D eigenvalue weighted by Gasteiger charge is 2.25. The molecule has 1 aromatic rings. The van der Waals surface area contributed by atoms with Crippen LogP contribution in [0.4, 0.5) is 0 Å². The molecule has 1 unspecified atom stereocenters. The lowest BCUT2D eigenvalue weighted by Gasteiger charge is -2.32. The molecule has 0 aliphatic carbocycles. The molecule has 0 heterocycles. The van der Waals surface area contributed by atoms with Gasteiger partial charge in [-0.2, -0.15) is 0 Å². The van der Waals surface area contributed by atoms with Crippen molar-refractivity contribution in [3.63, 3.8) is 0 Å². The average molecular weight is 207 g/mol. The first-order chi connectivity index (χ1) is 7.26. The predicted octanol–water partition coefficient (Wildman–Crippen LogP) is 1.98. The summed E-state index contributed by atoms with van der Waals surface area (Å²) in [7, 11) is 0. The standard InChI is InChI=1S/C13H21NO/c1-3-13(11-15,14-4-2)10-12-8-6-5-7-9-12/h5-9,14-15H,3-4,10-11H2,1-2H3. The van der Waals surface area contributed by atoms with E-state index in [1.807, 2.05) is 18.2 Å². The zero-order chi connectivity index (χ0) is 11.1. The van der Waals surface area contributed by atoms with E-state index in [4.69, 9.17) is 0 Å². The molecule has 15 heavy (non-hydrogen) atoms. The maximum absolute atomic E-state index is 9.51. The Morgan fingerprint density at radius 3 is 2.33 bits per heavy atom. The van der Waals surface area contributed by atoms with Crippen molar-refractivity contribution in [3.8, 4) is 0 Å². The molecule has 0 saturated carbocycles. The number of aliphatic hydroxyl groups excluding tert-OH is 1. The SMILES string of the molecule is CCNC(CC)(CO)Cc1ccccc1. The van der Waals surface area contributed by atoms with Crippen molar-refractivity contribution in [1.82, 2.24) is 5.32 Å².